The van der Waals surface area contributed by atoms with E-state index in [2.05, 4.69) is 6.92 Å². The second kappa shape index (κ2) is 16.5. The van der Waals surface area contributed by atoms with E-state index in [4.69, 9.17) is 0 Å². The number of carbonyl (C=O) groups excluding carboxylic acids is 1. The van der Waals surface area contributed by atoms with Gasteiger partial charge in [0.15, 0.2) is 3.79 Å². The molecule has 0 N–H and O–H groups in total. The van der Waals surface area contributed by atoms with E-state index >= 15 is 0 Å². The Labute approximate surface area is 134 Å². The van der Waals surface area contributed by atoms with Gasteiger partial charge in [0.1, 0.15) is 0 Å². The van der Waals surface area contributed by atoms with Crippen LogP contribution in [0.2, 0.25) is 0 Å². The summed E-state index contributed by atoms with van der Waals surface area (Å²) < 4.78 is 0.316. The summed E-state index contributed by atoms with van der Waals surface area (Å²) in [4.78, 5) is 10.7. The van der Waals surface area contributed by atoms with Crippen LogP contribution in [0.3, 0.4) is 0 Å². The molecular weight excluding hydrogens is 347 g/mol. The molecule has 0 fully saturated rings. The van der Waals surface area contributed by atoms with Crippen molar-refractivity contribution < 1.29 is 4.79 Å². The standard InChI is InChI=1S/C17H33IO/c1-2-3-4-5-6-7-8-9-10-11-12-13-14-15-16-17(18)19/h2-16H2,1H3. The molecule has 0 aliphatic heterocycles. The molecule has 0 bridgehead atoms. The lowest BCUT2D eigenvalue weighted by Gasteiger charge is -2.02. The van der Waals surface area contributed by atoms with Crippen LogP contribution in [-0.2, 0) is 4.79 Å². The van der Waals surface area contributed by atoms with E-state index in [-0.39, 0.29) is 0 Å². The van der Waals surface area contributed by atoms with Gasteiger partial charge < -0.3 is 0 Å². The van der Waals surface area contributed by atoms with Gasteiger partial charge in [-0.05, 0) is 29.0 Å². The van der Waals surface area contributed by atoms with Crippen molar-refractivity contribution in [3.8, 4) is 0 Å². The summed E-state index contributed by atoms with van der Waals surface area (Å²) >= 11 is 1.90. The fourth-order valence-electron chi connectivity index (χ4n) is 2.46. The van der Waals surface area contributed by atoms with Gasteiger partial charge in [-0.1, -0.05) is 90.4 Å². The lowest BCUT2D eigenvalue weighted by Crippen LogP contribution is -1.86. The molecule has 0 radical (unpaired) electrons. The molecule has 2 heteroatoms. The molecule has 0 aromatic heterocycles. The van der Waals surface area contributed by atoms with Crippen LogP contribution in [0.5, 0.6) is 0 Å². The fourth-order valence-corrected chi connectivity index (χ4v) is 2.84. The Morgan fingerprint density at radius 1 is 0.632 bits per heavy atom. The predicted octanol–water partition coefficient (Wildman–Crippen LogP) is 6.82. The van der Waals surface area contributed by atoms with Crippen molar-refractivity contribution in [1.82, 2.24) is 0 Å². The first kappa shape index (κ1) is 19.4. The zero-order chi connectivity index (χ0) is 14.2. The summed E-state index contributed by atoms with van der Waals surface area (Å²) in [6, 6.07) is 0. The van der Waals surface area contributed by atoms with Crippen molar-refractivity contribution in [2.24, 2.45) is 0 Å². The lowest BCUT2D eigenvalue weighted by molar-refractivity contribution is -0.109. The molecule has 0 amide bonds. The van der Waals surface area contributed by atoms with Crippen molar-refractivity contribution in [2.75, 3.05) is 0 Å². The Morgan fingerprint density at radius 3 is 1.26 bits per heavy atom. The summed E-state index contributed by atoms with van der Waals surface area (Å²) in [5.41, 5.74) is 0. The van der Waals surface area contributed by atoms with E-state index < -0.39 is 0 Å². The Kier molecular flexibility index (Phi) is 16.8. The third-order valence-corrected chi connectivity index (χ3v) is 4.27. The first-order valence-electron chi connectivity index (χ1n) is 8.45. The van der Waals surface area contributed by atoms with E-state index in [9.17, 15) is 4.79 Å². The maximum Gasteiger partial charge on any atom is 0.192 e. The minimum absolute atomic E-state index is 0.316. The predicted molar refractivity (Wildman–Crippen MR) is 94.0 cm³/mol. The molecular formula is C17H33IO. The normalized spacial score (nSPS) is 10.8. The molecule has 114 valence electrons. The average Bonchev–Trinajstić information content (AvgIpc) is 2.39. The van der Waals surface area contributed by atoms with Gasteiger partial charge in [-0.25, -0.2) is 0 Å². The van der Waals surface area contributed by atoms with Gasteiger partial charge in [0, 0.05) is 6.42 Å². The SMILES string of the molecule is CCCCCCCCCCCCCCCCC(=O)I. The van der Waals surface area contributed by atoms with Crippen molar-refractivity contribution >= 4 is 26.4 Å². The molecule has 19 heavy (non-hydrogen) atoms. The van der Waals surface area contributed by atoms with E-state index in [1.54, 1.807) is 0 Å². The molecule has 0 saturated heterocycles. The first-order valence-corrected chi connectivity index (χ1v) is 9.53. The molecule has 0 saturated carbocycles. The fraction of sp³-hybridized carbons (Fsp3) is 0.941. The van der Waals surface area contributed by atoms with Gasteiger partial charge in [0.05, 0.1) is 0 Å². The van der Waals surface area contributed by atoms with Crippen LogP contribution in [0.25, 0.3) is 0 Å². The monoisotopic (exact) mass is 380 g/mol. The first-order chi connectivity index (χ1) is 9.27. The minimum Gasteiger partial charge on any atom is -0.288 e. The van der Waals surface area contributed by atoms with E-state index in [0.29, 0.717) is 3.79 Å². The van der Waals surface area contributed by atoms with E-state index in [0.717, 1.165) is 12.8 Å². The van der Waals surface area contributed by atoms with Crippen molar-refractivity contribution in [2.45, 2.75) is 103 Å². The molecule has 0 aromatic carbocycles. The summed E-state index contributed by atoms with van der Waals surface area (Å²) in [5, 5.41) is 0. The van der Waals surface area contributed by atoms with Crippen LogP contribution in [0, 0.1) is 0 Å². The van der Waals surface area contributed by atoms with Crippen molar-refractivity contribution in [1.29, 1.82) is 0 Å². The average molecular weight is 380 g/mol. The molecule has 1 nitrogen and oxygen atoms in total. The summed E-state index contributed by atoms with van der Waals surface area (Å²) in [7, 11) is 0. The molecule has 0 unspecified atom stereocenters. The van der Waals surface area contributed by atoms with Gasteiger partial charge in [0.2, 0.25) is 0 Å². The summed E-state index contributed by atoms with van der Waals surface area (Å²) in [6.45, 7) is 2.28. The maximum atomic E-state index is 10.7. The topological polar surface area (TPSA) is 17.1 Å². The quantitative estimate of drug-likeness (QED) is 0.173. The van der Waals surface area contributed by atoms with Gasteiger partial charge >= 0.3 is 0 Å². The minimum atomic E-state index is 0.316. The highest BCUT2D eigenvalue weighted by Crippen LogP contribution is 2.13. The largest absolute Gasteiger partial charge is 0.288 e. The molecule has 0 rings (SSSR count). The van der Waals surface area contributed by atoms with Crippen LogP contribution in [-0.4, -0.2) is 3.79 Å². The Balaban J connectivity index is 2.93. The van der Waals surface area contributed by atoms with Crippen LogP contribution in [0.4, 0.5) is 0 Å². The molecule has 0 atom stereocenters. The van der Waals surface area contributed by atoms with Crippen LogP contribution in [0.15, 0.2) is 0 Å². The third kappa shape index (κ3) is 18.4. The summed E-state index contributed by atoms with van der Waals surface area (Å²) in [5.74, 6) is 0. The number of halogens is 1. The van der Waals surface area contributed by atoms with E-state index in [1.807, 2.05) is 22.6 Å². The second-order valence-corrected chi connectivity index (χ2v) is 6.90. The van der Waals surface area contributed by atoms with Crippen LogP contribution >= 0.6 is 22.6 Å². The van der Waals surface area contributed by atoms with Crippen LogP contribution in [0.1, 0.15) is 103 Å². The highest BCUT2D eigenvalue weighted by Gasteiger charge is 1.96. The highest BCUT2D eigenvalue weighted by atomic mass is 127. The number of carbonyl (C=O) groups is 1. The van der Waals surface area contributed by atoms with Crippen LogP contribution < -0.4 is 0 Å². The number of unbranched alkanes of at least 4 members (excludes halogenated alkanes) is 13. The molecule has 0 aliphatic carbocycles. The zero-order valence-electron chi connectivity index (χ0n) is 12.9. The van der Waals surface area contributed by atoms with Gasteiger partial charge in [0.25, 0.3) is 0 Å². The Morgan fingerprint density at radius 2 is 0.947 bits per heavy atom. The molecule has 0 aliphatic rings. The van der Waals surface area contributed by atoms with Crippen molar-refractivity contribution in [3.63, 3.8) is 0 Å². The van der Waals surface area contributed by atoms with Crippen molar-refractivity contribution in [3.05, 3.63) is 0 Å². The highest BCUT2D eigenvalue weighted by molar-refractivity contribution is 14.1. The molecule has 0 heterocycles. The smallest absolute Gasteiger partial charge is 0.192 e. The number of rotatable bonds is 15. The maximum absolute atomic E-state index is 10.7. The van der Waals surface area contributed by atoms with E-state index in [1.165, 1.54) is 83.5 Å². The van der Waals surface area contributed by atoms with Gasteiger partial charge in [-0.15, -0.1) is 0 Å². The van der Waals surface area contributed by atoms with Gasteiger partial charge in [-0.3, -0.25) is 4.79 Å². The lowest BCUT2D eigenvalue weighted by atomic mass is 10.0. The summed E-state index contributed by atoms with van der Waals surface area (Å²) in [6.07, 6.45) is 20.0. The number of hydrogen-bond acceptors (Lipinski definition) is 1. The van der Waals surface area contributed by atoms with Gasteiger partial charge in [-0.2, -0.15) is 0 Å². The number of hydrogen-bond donors (Lipinski definition) is 0. The third-order valence-electron chi connectivity index (χ3n) is 3.73. The zero-order valence-corrected chi connectivity index (χ0v) is 15.1. The second-order valence-electron chi connectivity index (χ2n) is 5.70. The Bertz CT molecular complexity index is 192. The Hall–Kier alpha value is 0.400. The molecule has 0 aromatic rings. The molecule has 0 spiro atoms.